The van der Waals surface area contributed by atoms with E-state index < -0.39 is 12.0 Å². The van der Waals surface area contributed by atoms with E-state index in [-0.39, 0.29) is 17.6 Å². The average molecular weight is 298 g/mol. The summed E-state index contributed by atoms with van der Waals surface area (Å²) >= 11 is 1.43. The van der Waals surface area contributed by atoms with Crippen LogP contribution in [-0.2, 0) is 15.3 Å². The van der Waals surface area contributed by atoms with Gasteiger partial charge in [-0.25, -0.2) is 4.79 Å². The topological polar surface area (TPSA) is 92.4 Å². The van der Waals surface area contributed by atoms with Gasteiger partial charge in [-0.3, -0.25) is 4.79 Å². The van der Waals surface area contributed by atoms with Gasteiger partial charge >= 0.3 is 5.97 Å². The van der Waals surface area contributed by atoms with Gasteiger partial charge in [-0.05, 0) is 32.6 Å². The second-order valence-corrected chi connectivity index (χ2v) is 6.00. The molecule has 1 aliphatic rings. The Labute approximate surface area is 121 Å². The molecule has 1 unspecified atom stereocenters. The van der Waals surface area contributed by atoms with Gasteiger partial charge < -0.3 is 14.9 Å². The fraction of sp³-hybridized carbons (Fsp3) is 0.615. The van der Waals surface area contributed by atoms with Crippen molar-refractivity contribution in [3.8, 4) is 0 Å². The molecule has 0 aliphatic heterocycles. The van der Waals surface area contributed by atoms with Crippen LogP contribution in [0.3, 0.4) is 0 Å². The van der Waals surface area contributed by atoms with Crippen LogP contribution in [0.15, 0.2) is 4.52 Å². The molecule has 1 amide bonds. The molecule has 0 radical (unpaired) electrons. The van der Waals surface area contributed by atoms with Crippen molar-refractivity contribution in [2.24, 2.45) is 5.92 Å². The molecule has 1 aliphatic carbocycles. The number of thioether (sulfide) groups is 1. The van der Waals surface area contributed by atoms with Crippen molar-refractivity contribution in [2.75, 3.05) is 5.75 Å². The second-order valence-electron chi connectivity index (χ2n) is 5.02. The van der Waals surface area contributed by atoms with Gasteiger partial charge in [0, 0.05) is 11.3 Å². The van der Waals surface area contributed by atoms with Gasteiger partial charge in [0.1, 0.15) is 11.8 Å². The number of carboxylic acids is 1. The normalized spacial score (nSPS) is 15.9. The molecule has 7 heteroatoms. The van der Waals surface area contributed by atoms with Crippen LogP contribution in [0.5, 0.6) is 0 Å². The van der Waals surface area contributed by atoms with E-state index in [0.29, 0.717) is 5.75 Å². The first kappa shape index (κ1) is 14.9. The molecule has 2 N–H and O–H groups in total. The highest BCUT2D eigenvalue weighted by Gasteiger charge is 2.37. The highest BCUT2D eigenvalue weighted by atomic mass is 32.2. The first-order chi connectivity index (χ1) is 9.49. The lowest BCUT2D eigenvalue weighted by Gasteiger charge is -2.13. The molecule has 1 aromatic heterocycles. The van der Waals surface area contributed by atoms with Crippen LogP contribution in [0.4, 0.5) is 0 Å². The third-order valence-corrected chi connectivity index (χ3v) is 4.30. The number of hydrogen-bond acceptors (Lipinski definition) is 5. The monoisotopic (exact) mass is 298 g/mol. The summed E-state index contributed by atoms with van der Waals surface area (Å²) in [6, 6.07) is -0.734. The fourth-order valence-corrected chi connectivity index (χ4v) is 2.97. The standard InChI is InChI=1S/C13H18N2O4S/c1-7-10(8(2)19-15-7)5-20-6-11(16)14-12(13(17)18)9-3-4-9/h9,12H,3-6H2,1-2H3,(H,14,16)(H,17,18). The molecule has 1 aromatic rings. The van der Waals surface area contributed by atoms with E-state index in [4.69, 9.17) is 9.63 Å². The van der Waals surface area contributed by atoms with Crippen molar-refractivity contribution in [3.05, 3.63) is 17.0 Å². The lowest BCUT2D eigenvalue weighted by atomic mass is 10.2. The maximum atomic E-state index is 11.8. The zero-order chi connectivity index (χ0) is 14.7. The number of carbonyl (C=O) groups excluding carboxylic acids is 1. The summed E-state index contributed by atoms with van der Waals surface area (Å²) in [6.07, 6.45) is 1.76. The Balaban J connectivity index is 1.76. The second kappa shape index (κ2) is 6.30. The summed E-state index contributed by atoms with van der Waals surface area (Å²) < 4.78 is 5.05. The van der Waals surface area contributed by atoms with Gasteiger partial charge in [0.2, 0.25) is 5.91 Å². The number of amides is 1. The quantitative estimate of drug-likeness (QED) is 0.792. The maximum absolute atomic E-state index is 11.8. The Morgan fingerprint density at radius 3 is 2.70 bits per heavy atom. The lowest BCUT2D eigenvalue weighted by molar-refractivity contribution is -0.142. The molecule has 1 fully saturated rings. The van der Waals surface area contributed by atoms with Crippen molar-refractivity contribution in [3.63, 3.8) is 0 Å². The summed E-state index contributed by atoms with van der Waals surface area (Å²) in [5.41, 5.74) is 1.83. The Morgan fingerprint density at radius 2 is 2.20 bits per heavy atom. The minimum absolute atomic E-state index is 0.101. The summed E-state index contributed by atoms with van der Waals surface area (Å²) in [5.74, 6) is 0.550. The summed E-state index contributed by atoms with van der Waals surface area (Å²) in [4.78, 5) is 22.8. The zero-order valence-corrected chi connectivity index (χ0v) is 12.3. The largest absolute Gasteiger partial charge is 0.480 e. The van der Waals surface area contributed by atoms with Gasteiger partial charge in [0.05, 0.1) is 11.4 Å². The van der Waals surface area contributed by atoms with Gasteiger partial charge in [0.15, 0.2) is 0 Å². The number of aryl methyl sites for hydroxylation is 2. The van der Waals surface area contributed by atoms with E-state index in [1.807, 2.05) is 13.8 Å². The summed E-state index contributed by atoms with van der Waals surface area (Å²) in [6.45, 7) is 3.70. The first-order valence-electron chi connectivity index (χ1n) is 6.50. The maximum Gasteiger partial charge on any atom is 0.326 e. The number of nitrogens with zero attached hydrogens (tertiary/aromatic N) is 1. The van der Waals surface area contributed by atoms with Crippen molar-refractivity contribution < 1.29 is 19.2 Å². The molecule has 1 heterocycles. The van der Waals surface area contributed by atoms with E-state index in [9.17, 15) is 9.59 Å². The Morgan fingerprint density at radius 1 is 1.50 bits per heavy atom. The Bertz CT molecular complexity index is 491. The number of carbonyl (C=O) groups is 2. The number of nitrogens with one attached hydrogen (secondary N) is 1. The zero-order valence-electron chi connectivity index (χ0n) is 11.5. The van der Waals surface area contributed by atoms with E-state index >= 15 is 0 Å². The van der Waals surface area contributed by atoms with Crippen LogP contribution in [0.1, 0.15) is 29.9 Å². The molecule has 0 aromatic carbocycles. The molecule has 2 rings (SSSR count). The van der Waals surface area contributed by atoms with Crippen molar-refractivity contribution in [1.82, 2.24) is 10.5 Å². The van der Waals surface area contributed by atoms with E-state index in [1.165, 1.54) is 11.8 Å². The summed E-state index contributed by atoms with van der Waals surface area (Å²) in [5, 5.41) is 15.5. The molecule has 0 spiro atoms. The van der Waals surface area contributed by atoms with E-state index in [1.54, 1.807) is 0 Å². The first-order valence-corrected chi connectivity index (χ1v) is 7.66. The van der Waals surface area contributed by atoms with Crippen LogP contribution in [0.25, 0.3) is 0 Å². The molecule has 0 bridgehead atoms. The Hall–Kier alpha value is -1.50. The van der Waals surface area contributed by atoms with Gasteiger partial charge in [-0.15, -0.1) is 11.8 Å². The molecular formula is C13H18N2O4S. The minimum Gasteiger partial charge on any atom is -0.480 e. The van der Waals surface area contributed by atoms with Crippen molar-refractivity contribution >= 4 is 23.6 Å². The number of aromatic nitrogens is 1. The molecule has 1 saturated carbocycles. The van der Waals surface area contributed by atoms with Crippen LogP contribution in [0, 0.1) is 19.8 Å². The van der Waals surface area contributed by atoms with Crippen molar-refractivity contribution in [1.29, 1.82) is 0 Å². The highest BCUT2D eigenvalue weighted by Crippen LogP contribution is 2.32. The molecule has 1 atom stereocenters. The van der Waals surface area contributed by atoms with E-state index in [0.717, 1.165) is 29.9 Å². The van der Waals surface area contributed by atoms with E-state index in [2.05, 4.69) is 10.5 Å². The molecule has 0 saturated heterocycles. The van der Waals surface area contributed by atoms with Crippen molar-refractivity contribution in [2.45, 2.75) is 38.5 Å². The molecule has 110 valence electrons. The fourth-order valence-electron chi connectivity index (χ4n) is 1.98. The van der Waals surface area contributed by atoms with Gasteiger partial charge in [-0.1, -0.05) is 5.16 Å². The van der Waals surface area contributed by atoms with Gasteiger partial charge in [-0.2, -0.15) is 0 Å². The average Bonchev–Trinajstić information content (AvgIpc) is 3.17. The minimum atomic E-state index is -0.948. The molecular weight excluding hydrogens is 280 g/mol. The predicted molar refractivity (Wildman–Crippen MR) is 74.4 cm³/mol. The third-order valence-electron chi connectivity index (χ3n) is 3.34. The van der Waals surface area contributed by atoms with Crippen LogP contribution < -0.4 is 5.32 Å². The molecule has 20 heavy (non-hydrogen) atoms. The smallest absolute Gasteiger partial charge is 0.326 e. The number of aliphatic carboxylic acids is 1. The van der Waals surface area contributed by atoms with Crippen LogP contribution in [-0.4, -0.2) is 33.9 Å². The summed E-state index contributed by atoms with van der Waals surface area (Å²) in [7, 11) is 0. The third kappa shape index (κ3) is 3.75. The SMILES string of the molecule is Cc1noc(C)c1CSCC(=O)NC(C(=O)O)C1CC1. The lowest BCUT2D eigenvalue weighted by Crippen LogP contribution is -2.43. The predicted octanol–water partition coefficient (Wildman–Crippen LogP) is 1.50. The number of rotatable bonds is 7. The molecule has 6 nitrogen and oxygen atoms in total. The number of carboxylic acid groups (broad SMARTS) is 1. The highest BCUT2D eigenvalue weighted by molar-refractivity contribution is 7.99. The Kier molecular flexibility index (Phi) is 4.69. The van der Waals surface area contributed by atoms with Crippen LogP contribution in [0.2, 0.25) is 0 Å². The van der Waals surface area contributed by atoms with Crippen LogP contribution >= 0.6 is 11.8 Å². The number of hydrogen-bond donors (Lipinski definition) is 2. The van der Waals surface area contributed by atoms with Gasteiger partial charge in [0.25, 0.3) is 0 Å².